The Morgan fingerprint density at radius 1 is 1.20 bits per heavy atom. The molecule has 2 aromatic heterocycles. The molecule has 20 heavy (non-hydrogen) atoms. The lowest BCUT2D eigenvalue weighted by Crippen LogP contribution is -1.98. The van der Waals surface area contributed by atoms with Gasteiger partial charge in [-0.1, -0.05) is 12.1 Å². The summed E-state index contributed by atoms with van der Waals surface area (Å²) in [6.45, 7) is 0. The third-order valence-corrected chi connectivity index (χ3v) is 3.76. The molecule has 3 rings (SSSR count). The molecule has 0 amide bonds. The average molecular weight is 332 g/mol. The highest BCUT2D eigenvalue weighted by Gasteiger charge is 2.09. The van der Waals surface area contributed by atoms with Gasteiger partial charge in [0.2, 0.25) is 0 Å². The maximum Gasteiger partial charge on any atom is 0.171 e. The van der Waals surface area contributed by atoms with E-state index in [0.29, 0.717) is 0 Å². The van der Waals surface area contributed by atoms with Crippen molar-refractivity contribution in [2.45, 2.75) is 12.8 Å². The number of nitrogens with zero attached hydrogens (tertiary/aromatic N) is 3. The molecule has 2 heterocycles. The van der Waals surface area contributed by atoms with Gasteiger partial charge < -0.3 is 4.74 Å². The molecule has 0 aliphatic carbocycles. The fourth-order valence-corrected chi connectivity index (χ4v) is 2.67. The number of aryl methyl sites for hydroxylation is 2. The molecule has 0 spiro atoms. The molecule has 5 heteroatoms. The molecule has 0 saturated heterocycles. The molecule has 0 N–H and O–H groups in total. The van der Waals surface area contributed by atoms with Crippen LogP contribution in [0.5, 0.6) is 5.75 Å². The van der Waals surface area contributed by atoms with Crippen LogP contribution in [0.4, 0.5) is 0 Å². The molecule has 0 aliphatic heterocycles. The minimum atomic E-state index is 0.794. The molecule has 0 radical (unpaired) electrons. The molecule has 0 fully saturated rings. The first-order valence-corrected chi connectivity index (χ1v) is 7.17. The van der Waals surface area contributed by atoms with Crippen molar-refractivity contribution in [3.05, 3.63) is 58.7 Å². The van der Waals surface area contributed by atoms with Crippen molar-refractivity contribution in [1.82, 2.24) is 14.4 Å². The van der Waals surface area contributed by atoms with E-state index in [1.165, 1.54) is 5.56 Å². The highest BCUT2D eigenvalue weighted by Crippen LogP contribution is 2.18. The molecule has 0 unspecified atom stereocenters. The van der Waals surface area contributed by atoms with E-state index in [1.54, 1.807) is 13.3 Å². The van der Waals surface area contributed by atoms with Crippen LogP contribution in [0.15, 0.2) is 47.3 Å². The maximum absolute atomic E-state index is 5.16. The van der Waals surface area contributed by atoms with E-state index in [2.05, 4.69) is 38.0 Å². The van der Waals surface area contributed by atoms with Gasteiger partial charge in [0.05, 0.1) is 7.11 Å². The van der Waals surface area contributed by atoms with Crippen LogP contribution in [-0.2, 0) is 12.8 Å². The number of ether oxygens (including phenoxy) is 1. The van der Waals surface area contributed by atoms with E-state index in [-0.39, 0.29) is 0 Å². The Balaban J connectivity index is 1.79. The molecular weight excluding hydrogens is 318 g/mol. The summed E-state index contributed by atoms with van der Waals surface area (Å²) < 4.78 is 7.98. The van der Waals surface area contributed by atoms with Gasteiger partial charge in [-0.2, -0.15) is 0 Å². The van der Waals surface area contributed by atoms with Gasteiger partial charge in [-0.3, -0.25) is 4.40 Å². The second kappa shape index (κ2) is 5.63. The summed E-state index contributed by atoms with van der Waals surface area (Å²) in [6.07, 6.45) is 5.56. The number of methoxy groups -OCH3 is 1. The van der Waals surface area contributed by atoms with Gasteiger partial charge >= 0.3 is 0 Å². The van der Waals surface area contributed by atoms with Crippen molar-refractivity contribution in [3.8, 4) is 5.75 Å². The lowest BCUT2D eigenvalue weighted by atomic mass is 10.1. The number of halogens is 1. The summed E-state index contributed by atoms with van der Waals surface area (Å²) in [6, 6.07) is 10.1. The summed E-state index contributed by atoms with van der Waals surface area (Å²) in [7, 11) is 1.68. The first-order chi connectivity index (χ1) is 9.78. The first-order valence-electron chi connectivity index (χ1n) is 6.38. The van der Waals surface area contributed by atoms with Crippen molar-refractivity contribution in [1.29, 1.82) is 0 Å². The fraction of sp³-hybridized carbons (Fsp3) is 0.200. The summed E-state index contributed by atoms with van der Waals surface area (Å²) in [5, 5.41) is 0. The minimum absolute atomic E-state index is 0.794. The van der Waals surface area contributed by atoms with Crippen LogP contribution in [0.2, 0.25) is 0 Å². The number of hydrogen-bond acceptors (Lipinski definition) is 3. The van der Waals surface area contributed by atoms with E-state index >= 15 is 0 Å². The Morgan fingerprint density at radius 3 is 2.75 bits per heavy atom. The molecule has 0 saturated carbocycles. The number of hydrogen-bond donors (Lipinski definition) is 0. The van der Waals surface area contributed by atoms with E-state index in [9.17, 15) is 0 Å². The van der Waals surface area contributed by atoms with Gasteiger partial charge in [-0.25, -0.2) is 9.97 Å². The molecule has 0 bridgehead atoms. The van der Waals surface area contributed by atoms with Crippen LogP contribution in [0, 0.1) is 0 Å². The van der Waals surface area contributed by atoms with Gasteiger partial charge in [-0.15, -0.1) is 0 Å². The monoisotopic (exact) mass is 331 g/mol. The summed E-state index contributed by atoms with van der Waals surface area (Å²) >= 11 is 3.45. The van der Waals surface area contributed by atoms with Crippen molar-refractivity contribution in [2.24, 2.45) is 0 Å². The highest BCUT2D eigenvalue weighted by atomic mass is 79.9. The molecule has 0 aliphatic rings. The van der Waals surface area contributed by atoms with Crippen LogP contribution < -0.4 is 4.74 Å². The van der Waals surface area contributed by atoms with Crippen molar-refractivity contribution in [2.75, 3.05) is 7.11 Å². The Kier molecular flexibility index (Phi) is 3.69. The predicted molar refractivity (Wildman–Crippen MR) is 81.1 cm³/mol. The predicted octanol–water partition coefficient (Wildman–Crippen LogP) is 3.29. The first kappa shape index (κ1) is 13.1. The quantitative estimate of drug-likeness (QED) is 0.736. The molecular formula is C15H14BrN3O. The van der Waals surface area contributed by atoms with Crippen molar-refractivity contribution < 1.29 is 4.74 Å². The Hall–Kier alpha value is -1.88. The second-order valence-electron chi connectivity index (χ2n) is 4.48. The molecule has 3 aromatic rings. The summed E-state index contributed by atoms with van der Waals surface area (Å²) in [5.41, 5.74) is 2.12. The third-order valence-electron chi connectivity index (χ3n) is 3.23. The SMILES string of the molecule is COc1ccc(CCc2nc(Br)c3ncccn23)cc1. The maximum atomic E-state index is 5.16. The van der Waals surface area contributed by atoms with E-state index in [0.717, 1.165) is 34.7 Å². The van der Waals surface area contributed by atoms with Gasteiger partial charge in [0.15, 0.2) is 10.3 Å². The van der Waals surface area contributed by atoms with Gasteiger partial charge in [0, 0.05) is 18.8 Å². The van der Waals surface area contributed by atoms with Gasteiger partial charge in [-0.05, 0) is 46.1 Å². The van der Waals surface area contributed by atoms with E-state index < -0.39 is 0 Å². The highest BCUT2D eigenvalue weighted by molar-refractivity contribution is 9.10. The number of fused-ring (bicyclic) bond motifs is 1. The Labute approximate surface area is 125 Å². The fourth-order valence-electron chi connectivity index (χ4n) is 2.17. The van der Waals surface area contributed by atoms with Crippen molar-refractivity contribution >= 4 is 21.6 Å². The zero-order valence-electron chi connectivity index (χ0n) is 11.1. The largest absolute Gasteiger partial charge is 0.497 e. The topological polar surface area (TPSA) is 39.4 Å². The Morgan fingerprint density at radius 2 is 2.00 bits per heavy atom. The lowest BCUT2D eigenvalue weighted by molar-refractivity contribution is 0.414. The number of imidazole rings is 1. The standard InChI is InChI=1S/C15H14BrN3O/c1-20-12-6-3-11(4-7-12)5-8-13-18-14(16)15-17-9-2-10-19(13)15/h2-4,6-7,9-10H,5,8H2,1H3. The third kappa shape index (κ3) is 2.54. The van der Waals surface area contributed by atoms with E-state index in [1.807, 2.05) is 28.8 Å². The van der Waals surface area contributed by atoms with Crippen molar-refractivity contribution in [3.63, 3.8) is 0 Å². The number of aromatic nitrogens is 3. The molecule has 0 atom stereocenters. The zero-order valence-corrected chi connectivity index (χ0v) is 12.7. The van der Waals surface area contributed by atoms with Crippen LogP contribution in [0.1, 0.15) is 11.4 Å². The van der Waals surface area contributed by atoms with Gasteiger partial charge in [0.25, 0.3) is 0 Å². The Bertz CT molecular complexity index is 722. The van der Waals surface area contributed by atoms with Crippen LogP contribution in [0.3, 0.4) is 0 Å². The average Bonchev–Trinajstić information content (AvgIpc) is 2.83. The van der Waals surface area contributed by atoms with Crippen LogP contribution in [-0.4, -0.2) is 21.5 Å². The number of rotatable bonds is 4. The molecule has 102 valence electrons. The normalized spacial score (nSPS) is 10.9. The summed E-state index contributed by atoms with van der Waals surface area (Å²) in [4.78, 5) is 8.85. The smallest absolute Gasteiger partial charge is 0.171 e. The zero-order chi connectivity index (χ0) is 13.9. The summed E-state index contributed by atoms with van der Waals surface area (Å²) in [5.74, 6) is 1.89. The van der Waals surface area contributed by atoms with Gasteiger partial charge in [0.1, 0.15) is 11.6 Å². The molecule has 4 nitrogen and oxygen atoms in total. The minimum Gasteiger partial charge on any atom is -0.497 e. The van der Waals surface area contributed by atoms with Crippen LogP contribution in [0.25, 0.3) is 5.65 Å². The second-order valence-corrected chi connectivity index (χ2v) is 5.23. The molecule has 1 aromatic carbocycles. The van der Waals surface area contributed by atoms with Crippen LogP contribution >= 0.6 is 15.9 Å². The van der Waals surface area contributed by atoms with E-state index in [4.69, 9.17) is 4.74 Å². The lowest BCUT2D eigenvalue weighted by Gasteiger charge is -2.03. The number of benzene rings is 1.